The number of halogens is 1. The molecule has 53 valence electrons. The summed E-state index contributed by atoms with van der Waals surface area (Å²) in [5.74, 6) is 0. The van der Waals surface area contributed by atoms with Gasteiger partial charge in [0, 0.05) is 0 Å². The summed E-state index contributed by atoms with van der Waals surface area (Å²) in [7, 11) is 0. The zero-order valence-electron chi connectivity index (χ0n) is 5.03. The van der Waals surface area contributed by atoms with Gasteiger partial charge < -0.3 is 0 Å². The lowest BCUT2D eigenvalue weighted by Crippen LogP contribution is -1.80. The summed E-state index contributed by atoms with van der Waals surface area (Å²) in [6.07, 6.45) is 0. The Morgan fingerprint density at radius 2 is 1.90 bits per heavy atom. The van der Waals surface area contributed by atoms with Crippen LogP contribution in [0.15, 0.2) is 30.3 Å². The smallest absolute Gasteiger partial charge is 0.256 e. The summed E-state index contributed by atoms with van der Waals surface area (Å²) < 4.78 is 0.625. The predicted molar refractivity (Wildman–Crippen MR) is 46.2 cm³/mol. The van der Waals surface area contributed by atoms with Crippen LogP contribution in [0, 0.1) is 13.7 Å². The van der Waals surface area contributed by atoms with E-state index in [0.29, 0.717) is 0 Å². The second kappa shape index (κ2) is 3.50. The lowest BCUT2D eigenvalue weighted by molar-refractivity contribution is -0.228. The molecule has 0 aliphatic rings. The maximum Gasteiger partial charge on any atom is 0.315 e. The van der Waals surface area contributed by atoms with Crippen LogP contribution < -0.4 is 0 Å². The second-order valence-corrected chi connectivity index (χ2v) is 4.11. The molecular formula is C6H5INO2. The van der Waals surface area contributed by atoms with Crippen LogP contribution in [0.1, 0.15) is 0 Å². The maximum atomic E-state index is 10.0. The lowest BCUT2D eigenvalue weighted by atomic mass is 10.4. The number of benzene rings is 1. The quantitative estimate of drug-likeness (QED) is 0.349. The van der Waals surface area contributed by atoms with E-state index in [1.165, 1.54) is 0 Å². The molecule has 0 fully saturated rings. The van der Waals surface area contributed by atoms with Gasteiger partial charge in [-0.05, 0) is 12.1 Å². The topological polar surface area (TPSA) is 43.1 Å². The van der Waals surface area contributed by atoms with Gasteiger partial charge in [0.25, 0.3) is 0 Å². The Morgan fingerprint density at radius 3 is 2.40 bits per heavy atom. The SMILES string of the molecule is O=[N+]([O-])[I]c1ccccc1. The van der Waals surface area contributed by atoms with Crippen molar-refractivity contribution in [3.8, 4) is 0 Å². The number of hydrogen-bond donors (Lipinski definition) is 0. The molecule has 10 heavy (non-hydrogen) atoms. The number of hydrogen-bond acceptors (Lipinski definition) is 2. The van der Waals surface area contributed by atoms with Crippen LogP contribution in [0.4, 0.5) is 0 Å². The van der Waals surface area contributed by atoms with Gasteiger partial charge in [-0.3, -0.25) is 10.1 Å². The van der Waals surface area contributed by atoms with Gasteiger partial charge in [0.05, 0.1) is 6.71 Å². The first-order chi connectivity index (χ1) is 4.79. The number of rotatable bonds is 2. The summed E-state index contributed by atoms with van der Waals surface area (Å²) in [5.41, 5.74) is 0. The van der Waals surface area contributed by atoms with Gasteiger partial charge in [-0.2, -0.15) is 0 Å². The molecule has 4 heteroatoms. The lowest BCUT2D eigenvalue weighted by Gasteiger charge is -1.87. The predicted octanol–water partition coefficient (Wildman–Crippen LogP) is 2.02. The fourth-order valence-corrected chi connectivity index (χ4v) is 1.74. The molecule has 0 aliphatic heterocycles. The minimum atomic E-state index is -1.01. The number of nitro groups is 1. The van der Waals surface area contributed by atoms with E-state index in [1.54, 1.807) is 12.1 Å². The van der Waals surface area contributed by atoms with Crippen LogP contribution in [0.3, 0.4) is 0 Å². The van der Waals surface area contributed by atoms with Crippen LogP contribution in [-0.4, -0.2) is 3.14 Å². The molecule has 1 radical (unpaired) electrons. The van der Waals surface area contributed by atoms with Gasteiger partial charge in [-0.15, -0.1) is 0 Å². The maximum absolute atomic E-state index is 10.0. The largest absolute Gasteiger partial charge is 0.315 e. The molecule has 0 unspecified atom stereocenters. The third-order valence-corrected chi connectivity index (χ3v) is 2.57. The normalized spacial score (nSPS) is 9.20. The van der Waals surface area contributed by atoms with Gasteiger partial charge in [-0.1, -0.05) is 18.2 Å². The van der Waals surface area contributed by atoms with E-state index in [4.69, 9.17) is 0 Å². The highest BCUT2D eigenvalue weighted by atomic mass is 127. The van der Waals surface area contributed by atoms with Gasteiger partial charge in [0.15, 0.2) is 0 Å². The van der Waals surface area contributed by atoms with Crippen molar-refractivity contribution in [1.82, 2.24) is 0 Å². The molecule has 3 nitrogen and oxygen atoms in total. The van der Waals surface area contributed by atoms with Crippen molar-refractivity contribution < 1.29 is 3.14 Å². The molecular weight excluding hydrogens is 245 g/mol. The fourth-order valence-electron chi connectivity index (χ4n) is 0.551. The Labute approximate surface area is 68.8 Å². The van der Waals surface area contributed by atoms with Crippen molar-refractivity contribution >= 4 is 21.5 Å². The molecule has 0 aromatic heterocycles. The summed E-state index contributed by atoms with van der Waals surface area (Å²) in [6.45, 7) is 0. The molecule has 0 spiro atoms. The highest BCUT2D eigenvalue weighted by Crippen LogP contribution is 2.19. The molecule has 1 aromatic carbocycles. The summed E-state index contributed by atoms with van der Waals surface area (Å²) >= 11 is -1.01. The monoisotopic (exact) mass is 250 g/mol. The molecule has 1 aromatic rings. The van der Waals surface area contributed by atoms with Gasteiger partial charge >= 0.3 is 21.5 Å². The van der Waals surface area contributed by atoms with Crippen molar-refractivity contribution in [1.29, 1.82) is 0 Å². The zero-order chi connectivity index (χ0) is 7.40. The van der Waals surface area contributed by atoms with E-state index < -0.39 is 21.5 Å². The molecule has 0 aliphatic carbocycles. The van der Waals surface area contributed by atoms with E-state index in [9.17, 15) is 10.1 Å². The third-order valence-electron chi connectivity index (χ3n) is 0.900. The molecule has 0 amide bonds. The first-order valence-corrected chi connectivity index (χ1v) is 4.68. The van der Waals surface area contributed by atoms with Gasteiger partial charge in [0.1, 0.15) is 0 Å². The van der Waals surface area contributed by atoms with E-state index >= 15 is 0 Å². The van der Waals surface area contributed by atoms with Crippen molar-refractivity contribution in [3.63, 3.8) is 0 Å². The van der Waals surface area contributed by atoms with Gasteiger partial charge in [0.2, 0.25) is 0 Å². The van der Waals surface area contributed by atoms with Crippen molar-refractivity contribution in [2.75, 3.05) is 0 Å². The first-order valence-electron chi connectivity index (χ1n) is 2.63. The summed E-state index contributed by atoms with van der Waals surface area (Å²) in [5, 5.41) is 10.0. The third kappa shape index (κ3) is 2.30. The molecule has 0 atom stereocenters. The zero-order valence-corrected chi connectivity index (χ0v) is 7.19. The van der Waals surface area contributed by atoms with E-state index in [2.05, 4.69) is 0 Å². The van der Waals surface area contributed by atoms with Crippen LogP contribution >= 0.6 is 21.5 Å². The Kier molecular flexibility index (Phi) is 2.61. The van der Waals surface area contributed by atoms with Gasteiger partial charge in [-0.25, -0.2) is 0 Å². The Balaban J connectivity index is 2.67. The Bertz CT molecular complexity index is 224. The van der Waals surface area contributed by atoms with E-state index in [-0.39, 0.29) is 3.14 Å². The molecule has 0 N–H and O–H groups in total. The van der Waals surface area contributed by atoms with Crippen molar-refractivity contribution in [2.45, 2.75) is 0 Å². The first kappa shape index (κ1) is 7.46. The molecule has 1 rings (SSSR count). The van der Waals surface area contributed by atoms with E-state index in [1.807, 2.05) is 18.2 Å². The average molecular weight is 250 g/mol. The summed E-state index contributed by atoms with van der Waals surface area (Å²) in [6, 6.07) is 9.07. The van der Waals surface area contributed by atoms with Crippen LogP contribution in [-0.2, 0) is 0 Å². The minimum Gasteiger partial charge on any atom is -0.256 e. The Hall–Kier alpha value is -0.650. The Morgan fingerprint density at radius 1 is 1.30 bits per heavy atom. The van der Waals surface area contributed by atoms with Crippen molar-refractivity contribution in [2.24, 2.45) is 0 Å². The molecule has 0 heterocycles. The van der Waals surface area contributed by atoms with Crippen LogP contribution in [0.25, 0.3) is 0 Å². The van der Waals surface area contributed by atoms with E-state index in [0.717, 1.165) is 3.57 Å². The highest BCUT2D eigenvalue weighted by molar-refractivity contribution is 14.2. The minimum absolute atomic E-state index is 0.228. The number of nitrogens with zero attached hydrogens (tertiary/aromatic N) is 1. The van der Waals surface area contributed by atoms with Crippen molar-refractivity contribution in [3.05, 3.63) is 44.0 Å². The van der Waals surface area contributed by atoms with Crippen LogP contribution in [0.5, 0.6) is 0 Å². The molecule has 0 saturated carbocycles. The molecule has 0 saturated heterocycles. The standard InChI is InChI=1S/C6H5INO2/c9-8(10)7-6-4-2-1-3-5-6/h1-5H. The van der Waals surface area contributed by atoms with Crippen LogP contribution in [0.2, 0.25) is 0 Å². The highest BCUT2D eigenvalue weighted by Gasteiger charge is 2.02. The summed E-state index contributed by atoms with van der Waals surface area (Å²) in [4.78, 5) is 10.0. The average Bonchev–Trinajstić information content (AvgIpc) is 1.88. The fraction of sp³-hybridized carbons (Fsp3) is 0. The second-order valence-electron chi connectivity index (χ2n) is 1.59. The molecule has 0 bridgehead atoms.